The zero-order chi connectivity index (χ0) is 45.6. The largest absolute Gasteiger partial charge is 0.368 e. The number of amides is 1. The van der Waals surface area contributed by atoms with E-state index in [4.69, 9.17) is 0 Å². The summed E-state index contributed by atoms with van der Waals surface area (Å²) >= 11 is 0. The van der Waals surface area contributed by atoms with Crippen molar-refractivity contribution in [3.8, 4) is 22.5 Å². The fourth-order valence-corrected chi connectivity index (χ4v) is 12.1. The van der Waals surface area contributed by atoms with Gasteiger partial charge in [-0.15, -0.1) is 0 Å². The number of pyridine rings is 2. The first-order valence-electron chi connectivity index (χ1n) is 22.1. The second kappa shape index (κ2) is 17.5. The lowest BCUT2D eigenvalue weighted by molar-refractivity contribution is -0.138. The van der Waals surface area contributed by atoms with Crippen LogP contribution in [0.2, 0.25) is 0 Å². The van der Waals surface area contributed by atoms with Gasteiger partial charge in [-0.05, 0) is 61.4 Å². The molecule has 0 spiro atoms. The van der Waals surface area contributed by atoms with Gasteiger partial charge < -0.3 is 20.0 Å². The van der Waals surface area contributed by atoms with Crippen LogP contribution >= 0.6 is 0 Å². The smallest absolute Gasteiger partial charge is 0.269 e. The number of hydrogen-bond donors (Lipinski definition) is 1. The van der Waals surface area contributed by atoms with E-state index in [2.05, 4.69) is 35.3 Å². The topological polar surface area (TPSA) is 178 Å². The van der Waals surface area contributed by atoms with Crippen molar-refractivity contribution >= 4 is 59.4 Å². The van der Waals surface area contributed by atoms with Crippen LogP contribution in [0.4, 0.5) is 11.4 Å². The van der Waals surface area contributed by atoms with Crippen LogP contribution in [0.25, 0.3) is 44.6 Å². The Hall–Kier alpha value is -6.83. The fraction of sp³-hybridized carbons (Fsp3) is 0.298. The number of aryl methyl sites for hydroxylation is 2. The molecule has 11 rings (SSSR count). The van der Waals surface area contributed by atoms with Crippen molar-refractivity contribution in [1.29, 1.82) is 0 Å². The van der Waals surface area contributed by atoms with E-state index in [0.29, 0.717) is 54.4 Å². The molecule has 2 saturated heterocycles. The van der Waals surface area contributed by atoms with Crippen LogP contribution in [0.1, 0.15) is 19.3 Å². The summed E-state index contributed by atoms with van der Waals surface area (Å²) < 4.78 is 61.0. The summed E-state index contributed by atoms with van der Waals surface area (Å²) in [6, 6.07) is 24.6. The van der Waals surface area contributed by atoms with Gasteiger partial charge in [-0.3, -0.25) is 14.2 Å². The first-order chi connectivity index (χ1) is 32.0. The van der Waals surface area contributed by atoms with Crippen LogP contribution in [-0.2, 0) is 38.9 Å². The maximum Gasteiger partial charge on any atom is 0.269 e. The number of anilines is 2. The summed E-state index contributed by atoms with van der Waals surface area (Å²) in [5.41, 5.74) is 5.20. The molecule has 3 fully saturated rings. The lowest BCUT2D eigenvalue weighted by atomic mass is 9.84. The van der Waals surface area contributed by atoms with Crippen LogP contribution in [0.15, 0.2) is 132 Å². The lowest BCUT2D eigenvalue weighted by Gasteiger charge is -2.39. The Morgan fingerprint density at radius 1 is 0.606 bits per heavy atom. The Bertz CT molecular complexity index is 3270. The average Bonchev–Trinajstić information content (AvgIpc) is 4.14. The summed E-state index contributed by atoms with van der Waals surface area (Å²) in [5.74, 6) is 0.475. The summed E-state index contributed by atoms with van der Waals surface area (Å²) in [7, 11) is -4.16. The molecular formula is C47H50N12O5S2. The molecule has 2 aromatic carbocycles. The zero-order valence-corrected chi connectivity index (χ0v) is 38.3. The minimum absolute atomic E-state index is 0.197. The van der Waals surface area contributed by atoms with Gasteiger partial charge in [0.2, 0.25) is 5.91 Å². The third-order valence-electron chi connectivity index (χ3n) is 12.7. The molecular weight excluding hydrogens is 877 g/mol. The molecule has 8 heterocycles. The molecule has 3 aliphatic rings. The van der Waals surface area contributed by atoms with Gasteiger partial charge in [0.15, 0.2) is 11.3 Å². The predicted octanol–water partition coefficient (Wildman–Crippen LogP) is 5.21. The molecule has 0 atom stereocenters. The Morgan fingerprint density at radius 3 is 1.47 bits per heavy atom. The molecule has 1 saturated carbocycles. The van der Waals surface area contributed by atoms with Gasteiger partial charge in [-0.2, -0.15) is 10.2 Å². The van der Waals surface area contributed by atoms with E-state index < -0.39 is 20.0 Å². The van der Waals surface area contributed by atoms with Gasteiger partial charge in [0.1, 0.15) is 0 Å². The molecule has 0 bridgehead atoms. The minimum atomic E-state index is -3.92. The second-order valence-electron chi connectivity index (χ2n) is 16.8. The molecule has 19 heteroatoms. The average molecular weight is 927 g/mol. The molecule has 1 N–H and O–H groups in total. The fourth-order valence-electron chi connectivity index (χ4n) is 9.05. The molecule has 340 valence electrons. The van der Waals surface area contributed by atoms with E-state index in [0.717, 1.165) is 73.2 Å². The van der Waals surface area contributed by atoms with Gasteiger partial charge >= 0.3 is 0 Å². The Kier molecular flexibility index (Phi) is 11.4. The van der Waals surface area contributed by atoms with E-state index in [1.807, 2.05) is 42.4 Å². The standard InChI is InChI=1S/C26H28N6O3S.C21H22N6O2S/c1-29-18-20(17-28-29)24-16-22-23(30-12-14-31(15-13-30)26(33)19-6-5-7-19)10-11-27-25(22)32(24)36(34,35)21-8-3-2-4-9-21;1-25-15-16(14-24-25)20-13-18-19(26-11-9-22-10-12-26)7-8-23-21(18)27(20)30(28,29)17-5-3-2-4-6-17/h2-4,8-11,16-19H,5-7,12-15H2,1H3;2-8,13-15,22H,9-12H2,1H3. The molecule has 66 heavy (non-hydrogen) atoms. The zero-order valence-electron chi connectivity index (χ0n) is 36.7. The molecule has 0 radical (unpaired) electrons. The quantitative estimate of drug-likeness (QED) is 0.200. The summed E-state index contributed by atoms with van der Waals surface area (Å²) in [6.45, 7) is 6.21. The number of aromatic nitrogens is 8. The van der Waals surface area contributed by atoms with Gasteiger partial charge in [-0.1, -0.05) is 42.8 Å². The van der Waals surface area contributed by atoms with E-state index >= 15 is 0 Å². The third-order valence-corrected chi connectivity index (χ3v) is 16.1. The highest BCUT2D eigenvalue weighted by Gasteiger charge is 2.33. The number of nitrogens with one attached hydrogen (secondary N) is 1. The normalized spacial score (nSPS) is 16.1. The van der Waals surface area contributed by atoms with Gasteiger partial charge in [0.25, 0.3) is 20.0 Å². The van der Waals surface area contributed by atoms with Gasteiger partial charge in [0, 0.05) is 130 Å². The SMILES string of the molecule is Cn1cc(-c2cc3c(N4CCN(C(=O)C5CCC5)CC4)ccnc3n2S(=O)(=O)c2ccccc2)cn1.Cn1cc(-c2cc3c(N4CCNCC4)ccnc3n2S(=O)(=O)c2ccccc2)cn1. The summed E-state index contributed by atoms with van der Waals surface area (Å²) in [5, 5.41) is 13.4. The van der Waals surface area contributed by atoms with E-state index in [1.54, 1.807) is 108 Å². The van der Waals surface area contributed by atoms with E-state index in [1.165, 1.54) is 7.94 Å². The van der Waals surface area contributed by atoms with Gasteiger partial charge in [-0.25, -0.2) is 34.7 Å². The maximum atomic E-state index is 13.9. The van der Waals surface area contributed by atoms with Crippen molar-refractivity contribution in [3.63, 3.8) is 0 Å². The van der Waals surface area contributed by atoms with Crippen molar-refractivity contribution in [2.45, 2.75) is 29.1 Å². The number of rotatable bonds is 9. The van der Waals surface area contributed by atoms with Crippen LogP contribution in [-0.4, -0.2) is 117 Å². The monoisotopic (exact) mass is 926 g/mol. The van der Waals surface area contributed by atoms with Crippen LogP contribution in [0.3, 0.4) is 0 Å². The molecule has 0 unspecified atom stereocenters. The number of benzene rings is 2. The van der Waals surface area contributed by atoms with Crippen molar-refractivity contribution < 1.29 is 21.6 Å². The highest BCUT2D eigenvalue weighted by Crippen LogP contribution is 2.38. The predicted molar refractivity (Wildman–Crippen MR) is 253 cm³/mol. The van der Waals surface area contributed by atoms with E-state index in [9.17, 15) is 21.6 Å². The first-order valence-corrected chi connectivity index (χ1v) is 25.0. The van der Waals surface area contributed by atoms with Crippen molar-refractivity contribution in [3.05, 3.63) is 122 Å². The van der Waals surface area contributed by atoms with Gasteiger partial charge in [0.05, 0.1) is 33.6 Å². The summed E-state index contributed by atoms with van der Waals surface area (Å²) in [4.78, 5) is 28.6. The molecule has 17 nitrogen and oxygen atoms in total. The van der Waals surface area contributed by atoms with E-state index in [-0.39, 0.29) is 21.6 Å². The molecule has 2 aliphatic heterocycles. The molecule has 1 amide bonds. The first kappa shape index (κ1) is 43.1. The molecule has 8 aromatic rings. The van der Waals surface area contributed by atoms with Crippen LogP contribution in [0, 0.1) is 5.92 Å². The minimum Gasteiger partial charge on any atom is -0.368 e. The highest BCUT2D eigenvalue weighted by molar-refractivity contribution is 7.90. The number of nitrogens with zero attached hydrogens (tertiary/aromatic N) is 11. The molecule has 6 aromatic heterocycles. The van der Waals surface area contributed by atoms with Crippen LogP contribution in [0.5, 0.6) is 0 Å². The number of fused-ring (bicyclic) bond motifs is 2. The number of hydrogen-bond acceptors (Lipinski definition) is 12. The van der Waals surface area contributed by atoms with Crippen molar-refractivity contribution in [2.75, 3.05) is 62.2 Å². The Balaban J connectivity index is 0.000000158. The van der Waals surface area contributed by atoms with Crippen LogP contribution < -0.4 is 15.1 Å². The van der Waals surface area contributed by atoms with Crippen molar-refractivity contribution in [1.82, 2.24) is 47.7 Å². The third kappa shape index (κ3) is 7.89. The summed E-state index contributed by atoms with van der Waals surface area (Å²) in [6.07, 6.45) is 13.5. The number of carbonyl (C=O) groups excluding carboxylic acids is 1. The Labute approximate surface area is 383 Å². The second-order valence-corrected chi connectivity index (χ2v) is 20.4. The maximum absolute atomic E-state index is 13.9. The number of carbonyl (C=O) groups is 1. The number of piperazine rings is 2. The van der Waals surface area contributed by atoms with Crippen molar-refractivity contribution in [2.24, 2.45) is 20.0 Å². The molecule has 1 aliphatic carbocycles. The highest BCUT2D eigenvalue weighted by atomic mass is 32.2. The lowest BCUT2D eigenvalue weighted by Crippen LogP contribution is -2.51. The Morgan fingerprint density at radius 2 is 1.06 bits per heavy atom.